The van der Waals surface area contributed by atoms with Gasteiger partial charge >= 0.3 is 0 Å². The number of likely N-dealkylation sites (N-methyl/N-ethyl adjacent to an activating group) is 3. The van der Waals surface area contributed by atoms with Gasteiger partial charge in [0.25, 0.3) is 0 Å². The van der Waals surface area contributed by atoms with Gasteiger partial charge in [0.05, 0.1) is 17.1 Å². The Bertz CT molecular complexity index is 2510. The summed E-state index contributed by atoms with van der Waals surface area (Å²) in [5.41, 5.74) is 11.1. The number of halogens is 2. The second-order valence-corrected chi connectivity index (χ2v) is 15.3. The molecule has 0 radical (unpaired) electrons. The van der Waals surface area contributed by atoms with Crippen LogP contribution >= 0.6 is 23.2 Å². The van der Waals surface area contributed by atoms with Crippen molar-refractivity contribution >= 4 is 51.3 Å². The molecule has 2 aromatic heterocycles. The maximum atomic E-state index is 8.02. The number of aliphatic imine (C=N–C) groups is 2. The van der Waals surface area contributed by atoms with Crippen molar-refractivity contribution in [3.05, 3.63) is 184 Å². The van der Waals surface area contributed by atoms with Gasteiger partial charge in [0.2, 0.25) is 0 Å². The molecule has 6 aliphatic rings. The van der Waals surface area contributed by atoms with E-state index < -0.39 is 9.87 Å². The molecule has 6 aliphatic heterocycles. The summed E-state index contributed by atoms with van der Waals surface area (Å²) in [6.07, 6.45) is 27.4. The van der Waals surface area contributed by atoms with Crippen molar-refractivity contribution in [2.75, 3.05) is 40.8 Å². The van der Waals surface area contributed by atoms with Crippen molar-refractivity contribution < 1.29 is 0 Å². The third-order valence-electron chi connectivity index (χ3n) is 10.5. The minimum Gasteiger partial charge on any atom is -0.377 e. The largest absolute Gasteiger partial charge is 0.377 e. The summed E-state index contributed by atoms with van der Waals surface area (Å²) < 4.78 is 0. The van der Waals surface area contributed by atoms with Crippen LogP contribution < -0.4 is 10.7 Å². The number of alkyl halides is 2. The molecule has 264 valence electrons. The lowest BCUT2D eigenvalue weighted by molar-refractivity contribution is 0.487. The van der Waals surface area contributed by atoms with Gasteiger partial charge in [-0.3, -0.25) is 4.99 Å². The monoisotopic (exact) mass is 735 g/mol. The molecule has 1 aromatic carbocycles. The highest BCUT2D eigenvalue weighted by Crippen LogP contribution is 2.54. The minimum absolute atomic E-state index is 0.692. The Morgan fingerprint density at radius 1 is 0.623 bits per heavy atom. The molecule has 0 amide bonds. The van der Waals surface area contributed by atoms with E-state index in [-0.39, 0.29) is 0 Å². The van der Waals surface area contributed by atoms with Crippen LogP contribution in [0.25, 0.3) is 16.7 Å². The van der Waals surface area contributed by atoms with Crippen molar-refractivity contribution in [1.29, 1.82) is 0 Å². The number of nitrogens with zero attached hydrogens (tertiary/aromatic N) is 5. The summed E-state index contributed by atoms with van der Waals surface area (Å²) >= 11 is 15.8. The number of hydrogen-bond donors (Lipinski definition) is 2. The normalized spacial score (nSPS) is 24.9. The number of aromatic nitrogens is 2. The Balaban J connectivity index is 1.38. The maximum Gasteiger partial charge on any atom is 0.181 e. The number of fused-ring (bicyclic) bond motifs is 6. The summed E-state index contributed by atoms with van der Waals surface area (Å²) in [4.78, 5) is 22.1. The lowest BCUT2D eigenvalue weighted by atomic mass is 9.85. The Morgan fingerprint density at radius 2 is 1.26 bits per heavy atom. The van der Waals surface area contributed by atoms with Gasteiger partial charge in [-0.05, 0) is 108 Å². The molecular weight excluding hydrogens is 697 g/mol. The molecule has 2 unspecified atom stereocenters. The number of H-pyrrole nitrogens is 2. The lowest BCUT2D eigenvalue weighted by Crippen LogP contribution is -2.42. The average molecular weight is 737 g/mol. The molecule has 0 aliphatic carbocycles. The number of benzene rings is 1. The third kappa shape index (κ3) is 5.66. The molecule has 8 bridgehead atoms. The zero-order valence-corrected chi connectivity index (χ0v) is 31.3. The van der Waals surface area contributed by atoms with Crippen LogP contribution in [0.1, 0.15) is 17.0 Å². The zero-order valence-electron chi connectivity index (χ0n) is 29.8. The smallest absolute Gasteiger partial charge is 0.181 e. The number of nitrogens with one attached hydrogen (secondary N) is 2. The van der Waals surface area contributed by atoms with Gasteiger partial charge < -0.3 is 24.7 Å². The van der Waals surface area contributed by atoms with Gasteiger partial charge in [0, 0.05) is 79.6 Å². The van der Waals surface area contributed by atoms with Gasteiger partial charge in [-0.2, -0.15) is 0 Å². The highest BCUT2D eigenvalue weighted by Gasteiger charge is 2.54. The molecule has 0 fully saturated rings. The van der Waals surface area contributed by atoms with Crippen molar-refractivity contribution in [2.45, 2.75) is 9.87 Å². The van der Waals surface area contributed by atoms with Crippen LogP contribution in [0.5, 0.6) is 0 Å². The molecule has 9 heteroatoms. The van der Waals surface area contributed by atoms with Crippen LogP contribution in [0.15, 0.2) is 166 Å². The number of rotatable bonds is 4. The lowest BCUT2D eigenvalue weighted by Gasteiger charge is -2.39. The Kier molecular flexibility index (Phi) is 8.09. The molecule has 0 spiro atoms. The van der Waals surface area contributed by atoms with E-state index in [1.165, 1.54) is 0 Å². The van der Waals surface area contributed by atoms with Gasteiger partial charge in [0.15, 0.2) is 9.87 Å². The average Bonchev–Trinajstić information content (AvgIpc) is 4.00. The Labute approximate surface area is 319 Å². The maximum absolute atomic E-state index is 8.02. The first-order valence-electron chi connectivity index (χ1n) is 17.8. The van der Waals surface area contributed by atoms with Crippen LogP contribution in [0, 0.1) is 0 Å². The van der Waals surface area contributed by atoms with E-state index in [9.17, 15) is 0 Å². The number of hydrogen-bond acceptors (Lipinski definition) is 5. The van der Waals surface area contributed by atoms with Gasteiger partial charge in [-0.1, -0.05) is 60.2 Å². The van der Waals surface area contributed by atoms with E-state index in [1.54, 1.807) is 0 Å². The Hall–Kier alpha value is -5.50. The van der Waals surface area contributed by atoms with Crippen LogP contribution in [0.3, 0.4) is 0 Å². The SMILES string of the molecule is CN1C=CC(C2=c3ccc([nH]3)=C(C3=CCN(C)C=C3)C3=NC(Cl)(C=C3)C(Cl)(C3=CCN(C)C=C3)c3ccc([nH]3)C(c3ccccc3)=C3C=CC2=N3)=CC1. The molecule has 53 heavy (non-hydrogen) atoms. The first kappa shape index (κ1) is 33.3. The van der Waals surface area contributed by atoms with Crippen molar-refractivity contribution in [3.63, 3.8) is 0 Å². The van der Waals surface area contributed by atoms with Gasteiger partial charge in [0.1, 0.15) is 0 Å². The fraction of sp³-hybridized carbons (Fsp3) is 0.182. The summed E-state index contributed by atoms with van der Waals surface area (Å²) in [7, 11) is 6.19. The molecule has 7 nitrogen and oxygen atoms in total. The Morgan fingerprint density at radius 3 is 1.89 bits per heavy atom. The molecule has 3 aromatic rings. The van der Waals surface area contributed by atoms with E-state index in [2.05, 4.69) is 136 Å². The van der Waals surface area contributed by atoms with E-state index >= 15 is 0 Å². The topological polar surface area (TPSA) is 66.0 Å². The standard InChI is InChI=1S/C44H39Cl2N7/c1-51-23-16-30(17-24-51)41-34-10-9-33(47-34)40(29-7-5-4-6-8-29)37-13-14-39(49-37)44(46,32-20-27-53(3)28-21-32)43(45)22-15-38(50-43)42(36-12-11-35(41)48-36)31-18-25-52(2)26-19-31/h4-23,25,27,48-49H,24,26,28H2,1-3H3. The van der Waals surface area contributed by atoms with Crippen molar-refractivity contribution in [3.8, 4) is 0 Å². The fourth-order valence-electron chi connectivity index (χ4n) is 7.68. The predicted molar refractivity (Wildman–Crippen MR) is 219 cm³/mol. The van der Waals surface area contributed by atoms with Crippen LogP contribution in [-0.2, 0) is 4.87 Å². The quantitative estimate of drug-likeness (QED) is 0.233. The second-order valence-electron chi connectivity index (χ2n) is 14.2. The molecule has 0 saturated carbocycles. The molecule has 2 atom stereocenters. The summed E-state index contributed by atoms with van der Waals surface area (Å²) in [5.74, 6) is 0. The molecule has 8 heterocycles. The first-order valence-corrected chi connectivity index (χ1v) is 18.6. The third-order valence-corrected chi connectivity index (χ3v) is 11.8. The fourth-order valence-corrected chi connectivity index (χ4v) is 8.40. The van der Waals surface area contributed by atoms with Gasteiger partial charge in [-0.25, -0.2) is 4.99 Å². The van der Waals surface area contributed by atoms with Crippen molar-refractivity contribution in [2.24, 2.45) is 9.98 Å². The van der Waals surface area contributed by atoms with E-state index in [0.29, 0.717) is 6.54 Å². The predicted octanol–water partition coefficient (Wildman–Crippen LogP) is 6.66. The summed E-state index contributed by atoms with van der Waals surface area (Å²) in [6.45, 7) is 2.26. The summed E-state index contributed by atoms with van der Waals surface area (Å²) in [5, 5.41) is 1.89. The molecule has 0 saturated heterocycles. The molecule has 9 rings (SSSR count). The van der Waals surface area contributed by atoms with E-state index in [0.717, 1.165) is 91.3 Å². The van der Waals surface area contributed by atoms with Crippen molar-refractivity contribution in [1.82, 2.24) is 24.7 Å². The first-order chi connectivity index (χ1) is 25.7. The highest BCUT2D eigenvalue weighted by atomic mass is 35.5. The van der Waals surface area contributed by atoms with E-state index in [4.69, 9.17) is 33.2 Å². The molecule has 2 N–H and O–H groups in total. The highest BCUT2D eigenvalue weighted by molar-refractivity contribution is 6.41. The minimum atomic E-state index is -1.37. The molecular formula is C44H39Cl2N7. The van der Waals surface area contributed by atoms with Crippen LogP contribution in [0.2, 0.25) is 0 Å². The van der Waals surface area contributed by atoms with Gasteiger partial charge in [-0.15, -0.1) is 11.6 Å². The van der Waals surface area contributed by atoms with E-state index in [1.807, 2.05) is 43.6 Å². The second kappa shape index (κ2) is 12.9. The zero-order chi connectivity index (χ0) is 36.3. The van der Waals surface area contributed by atoms with Crippen LogP contribution in [0.4, 0.5) is 0 Å². The van der Waals surface area contributed by atoms with Crippen LogP contribution in [-0.4, -0.2) is 81.9 Å². The summed E-state index contributed by atoms with van der Waals surface area (Å²) in [6, 6.07) is 18.8. The number of aromatic amines is 2. The number of allylic oxidation sites excluding steroid dienone is 8.